The first-order valence-corrected chi connectivity index (χ1v) is 10.8. The van der Waals surface area contributed by atoms with Gasteiger partial charge in [0.2, 0.25) is 0 Å². The van der Waals surface area contributed by atoms with Gasteiger partial charge >= 0.3 is 11.9 Å². The minimum Gasteiger partial charge on any atom is -0.497 e. The molecule has 0 unspecified atom stereocenters. The maximum atomic E-state index is 11.7. The molecule has 0 N–H and O–H groups in total. The van der Waals surface area contributed by atoms with E-state index in [2.05, 4.69) is 6.92 Å². The van der Waals surface area contributed by atoms with Gasteiger partial charge in [-0.2, -0.15) is 0 Å². The van der Waals surface area contributed by atoms with Crippen molar-refractivity contribution < 1.29 is 23.8 Å². The molecule has 0 saturated carbocycles. The Kier molecular flexibility index (Phi) is 14.2. The molecule has 0 spiro atoms. The largest absolute Gasteiger partial charge is 0.497 e. The number of hydrogen-bond donors (Lipinski definition) is 0. The van der Waals surface area contributed by atoms with Crippen molar-refractivity contribution in [3.63, 3.8) is 0 Å². The number of ether oxygens (including phenoxy) is 3. The molecule has 0 aliphatic carbocycles. The first kappa shape index (κ1) is 24.7. The fourth-order valence-electron chi connectivity index (χ4n) is 2.87. The van der Waals surface area contributed by atoms with Gasteiger partial charge in [-0.3, -0.25) is 0 Å². The molecule has 1 aromatic carbocycles. The van der Waals surface area contributed by atoms with E-state index in [0.29, 0.717) is 6.61 Å². The van der Waals surface area contributed by atoms with Crippen LogP contribution in [0.4, 0.5) is 0 Å². The zero-order valence-electron chi connectivity index (χ0n) is 18.0. The van der Waals surface area contributed by atoms with Crippen LogP contribution in [0, 0.1) is 0 Å². The van der Waals surface area contributed by atoms with Crippen LogP contribution in [0.3, 0.4) is 0 Å². The van der Waals surface area contributed by atoms with Gasteiger partial charge in [-0.05, 0) is 24.1 Å². The van der Waals surface area contributed by atoms with Crippen LogP contribution in [0.15, 0.2) is 36.4 Å². The van der Waals surface area contributed by atoms with E-state index in [9.17, 15) is 9.59 Å². The van der Waals surface area contributed by atoms with Gasteiger partial charge in [0.15, 0.2) is 0 Å². The number of methoxy groups -OCH3 is 1. The maximum absolute atomic E-state index is 11.7. The van der Waals surface area contributed by atoms with E-state index < -0.39 is 11.9 Å². The highest BCUT2D eigenvalue weighted by atomic mass is 16.5. The lowest BCUT2D eigenvalue weighted by Gasteiger charge is -2.04. The summed E-state index contributed by atoms with van der Waals surface area (Å²) in [7, 11) is 1.59. The van der Waals surface area contributed by atoms with Gasteiger partial charge in [-0.25, -0.2) is 9.59 Å². The van der Waals surface area contributed by atoms with E-state index in [0.717, 1.165) is 36.3 Å². The number of carbonyl (C=O) groups excluding carboxylic acids is 2. The first-order chi connectivity index (χ1) is 14.2. The summed E-state index contributed by atoms with van der Waals surface area (Å²) in [6.45, 7) is 2.76. The van der Waals surface area contributed by atoms with Gasteiger partial charge in [-0.15, -0.1) is 0 Å². The minimum atomic E-state index is -0.572. The summed E-state index contributed by atoms with van der Waals surface area (Å²) in [5.74, 6) is -0.343. The van der Waals surface area contributed by atoms with E-state index in [1.165, 1.54) is 51.4 Å². The highest BCUT2D eigenvalue weighted by Gasteiger charge is 2.02. The van der Waals surface area contributed by atoms with Crippen LogP contribution in [-0.4, -0.2) is 25.7 Å². The molecule has 0 saturated heterocycles. The Morgan fingerprint density at radius 1 is 0.759 bits per heavy atom. The molecule has 0 bridgehead atoms. The lowest BCUT2D eigenvalue weighted by atomic mass is 10.1. The van der Waals surface area contributed by atoms with Gasteiger partial charge in [0, 0.05) is 12.2 Å². The number of rotatable bonds is 16. The van der Waals surface area contributed by atoms with Crippen molar-refractivity contribution in [3.05, 3.63) is 42.0 Å². The Hall–Kier alpha value is -2.30. The standard InChI is InChI=1S/C24H36O5/c1-3-4-5-6-7-8-9-10-11-12-19-28-23(25)17-18-24(26)29-20-21-13-15-22(27-2)16-14-21/h13-18H,3-12,19-20H2,1-2H3/b18-17+. The zero-order chi connectivity index (χ0) is 21.2. The topological polar surface area (TPSA) is 61.8 Å². The van der Waals surface area contributed by atoms with Crippen molar-refractivity contribution in [3.8, 4) is 5.75 Å². The SMILES string of the molecule is CCCCCCCCCCCCOC(=O)/C=C/C(=O)OCc1ccc(OC)cc1. The normalized spacial score (nSPS) is 10.8. The Morgan fingerprint density at radius 3 is 1.83 bits per heavy atom. The van der Waals surface area contributed by atoms with Crippen LogP contribution < -0.4 is 4.74 Å². The third-order valence-corrected chi connectivity index (χ3v) is 4.64. The fraction of sp³-hybridized carbons (Fsp3) is 0.583. The Morgan fingerprint density at radius 2 is 1.28 bits per heavy atom. The summed E-state index contributed by atoms with van der Waals surface area (Å²) in [4.78, 5) is 23.3. The summed E-state index contributed by atoms with van der Waals surface area (Å²) in [5, 5.41) is 0. The quantitative estimate of drug-likeness (QED) is 0.199. The molecule has 0 atom stereocenters. The molecule has 0 heterocycles. The van der Waals surface area contributed by atoms with Gasteiger partial charge in [0.25, 0.3) is 0 Å². The smallest absolute Gasteiger partial charge is 0.331 e. The van der Waals surface area contributed by atoms with E-state index in [4.69, 9.17) is 14.2 Å². The molecule has 5 nitrogen and oxygen atoms in total. The number of carbonyl (C=O) groups is 2. The Bertz CT molecular complexity index is 592. The Labute approximate surface area is 175 Å². The highest BCUT2D eigenvalue weighted by Crippen LogP contribution is 2.12. The maximum Gasteiger partial charge on any atom is 0.331 e. The molecule has 1 rings (SSSR count). The second-order valence-electron chi connectivity index (χ2n) is 7.14. The summed E-state index contributed by atoms with van der Waals surface area (Å²) in [5.41, 5.74) is 0.844. The van der Waals surface area contributed by atoms with E-state index in [1.807, 2.05) is 12.1 Å². The zero-order valence-corrected chi connectivity index (χ0v) is 18.0. The lowest BCUT2D eigenvalue weighted by molar-refractivity contribution is -0.141. The molecule has 0 aromatic heterocycles. The van der Waals surface area contributed by atoms with Crippen molar-refractivity contribution in [2.45, 2.75) is 77.7 Å². The summed E-state index contributed by atoms with van der Waals surface area (Å²) in [6.07, 6.45) is 14.5. The van der Waals surface area contributed by atoms with Crippen LogP contribution in [0.1, 0.15) is 76.7 Å². The molecule has 0 radical (unpaired) electrons. The van der Waals surface area contributed by atoms with Crippen LogP contribution in [0.25, 0.3) is 0 Å². The molecule has 162 valence electrons. The Balaban J connectivity index is 2.01. The fourth-order valence-corrected chi connectivity index (χ4v) is 2.87. The summed E-state index contributed by atoms with van der Waals surface area (Å²) in [6, 6.07) is 7.22. The van der Waals surface area contributed by atoms with Gasteiger partial charge < -0.3 is 14.2 Å². The van der Waals surface area contributed by atoms with Crippen LogP contribution in [0.5, 0.6) is 5.75 Å². The molecule has 0 aliphatic heterocycles. The van der Waals surface area contributed by atoms with Crippen LogP contribution in [-0.2, 0) is 25.7 Å². The van der Waals surface area contributed by atoms with Gasteiger partial charge in [0.05, 0.1) is 13.7 Å². The van der Waals surface area contributed by atoms with Crippen LogP contribution >= 0.6 is 0 Å². The molecule has 0 aliphatic rings. The molecule has 0 fully saturated rings. The monoisotopic (exact) mass is 404 g/mol. The predicted molar refractivity (Wildman–Crippen MR) is 115 cm³/mol. The number of hydrogen-bond acceptors (Lipinski definition) is 5. The molecule has 29 heavy (non-hydrogen) atoms. The molecule has 5 heteroatoms. The van der Waals surface area contributed by atoms with Crippen molar-refractivity contribution in [2.24, 2.45) is 0 Å². The summed E-state index contributed by atoms with van der Waals surface area (Å²) >= 11 is 0. The van der Waals surface area contributed by atoms with Crippen molar-refractivity contribution in [1.29, 1.82) is 0 Å². The number of esters is 2. The second kappa shape index (κ2) is 16.6. The lowest BCUT2D eigenvalue weighted by Crippen LogP contribution is -2.05. The summed E-state index contributed by atoms with van der Waals surface area (Å²) < 4.78 is 15.3. The minimum absolute atomic E-state index is 0.140. The van der Waals surface area contributed by atoms with E-state index in [1.54, 1.807) is 19.2 Å². The molecular formula is C24H36O5. The van der Waals surface area contributed by atoms with Gasteiger partial charge in [-0.1, -0.05) is 76.8 Å². The average molecular weight is 405 g/mol. The number of benzene rings is 1. The van der Waals surface area contributed by atoms with E-state index in [-0.39, 0.29) is 6.61 Å². The predicted octanol–water partition coefficient (Wildman–Crippen LogP) is 5.76. The van der Waals surface area contributed by atoms with Crippen molar-refractivity contribution >= 4 is 11.9 Å². The van der Waals surface area contributed by atoms with E-state index >= 15 is 0 Å². The molecule has 1 aromatic rings. The third kappa shape index (κ3) is 13.5. The first-order valence-electron chi connectivity index (χ1n) is 10.8. The molecule has 0 amide bonds. The van der Waals surface area contributed by atoms with Gasteiger partial charge in [0.1, 0.15) is 12.4 Å². The molecular weight excluding hydrogens is 368 g/mol. The van der Waals surface area contributed by atoms with Crippen LogP contribution in [0.2, 0.25) is 0 Å². The van der Waals surface area contributed by atoms with Crippen molar-refractivity contribution in [2.75, 3.05) is 13.7 Å². The van der Waals surface area contributed by atoms with Crippen molar-refractivity contribution in [1.82, 2.24) is 0 Å². The second-order valence-corrected chi connectivity index (χ2v) is 7.14. The third-order valence-electron chi connectivity index (χ3n) is 4.64. The number of unbranched alkanes of at least 4 members (excludes halogenated alkanes) is 9. The average Bonchev–Trinajstić information content (AvgIpc) is 2.75. The highest BCUT2D eigenvalue weighted by molar-refractivity contribution is 5.91.